The minimum atomic E-state index is -3.33. The molecule has 1 heterocycles. The average molecular weight is 329 g/mol. The lowest BCUT2D eigenvalue weighted by Gasteiger charge is -2.16. The van der Waals surface area contributed by atoms with Crippen LogP contribution < -0.4 is 0 Å². The van der Waals surface area contributed by atoms with E-state index in [0.717, 1.165) is 37.8 Å². The van der Waals surface area contributed by atoms with Crippen molar-refractivity contribution >= 4 is 9.84 Å². The Bertz CT molecular complexity index is 575. The minimum Gasteiger partial charge on any atom is -0.385 e. The molecule has 1 saturated carbocycles. The Balaban J connectivity index is 2.30. The molecule has 0 saturated heterocycles. The van der Waals surface area contributed by atoms with E-state index < -0.39 is 9.84 Å². The highest BCUT2D eigenvalue weighted by molar-refractivity contribution is 7.91. The molecule has 0 aromatic carbocycles. The van der Waals surface area contributed by atoms with Crippen LogP contribution in [0.25, 0.3) is 0 Å². The zero-order valence-electron chi connectivity index (χ0n) is 13.8. The van der Waals surface area contributed by atoms with Crippen LogP contribution in [0.5, 0.6) is 0 Å². The largest absolute Gasteiger partial charge is 0.385 e. The van der Waals surface area contributed by atoms with Gasteiger partial charge < -0.3 is 14.2 Å². The Hall–Kier alpha value is -0.920. The molecule has 126 valence electrons. The molecule has 0 atom stereocenters. The van der Waals surface area contributed by atoms with Gasteiger partial charge in [-0.2, -0.15) is 0 Å². The Morgan fingerprint density at radius 2 is 2.05 bits per heavy atom. The second-order valence-electron chi connectivity index (χ2n) is 6.22. The molecule has 2 rings (SSSR count). The maximum absolute atomic E-state index is 12.9. The van der Waals surface area contributed by atoms with E-state index in [1.165, 1.54) is 0 Å². The maximum atomic E-state index is 12.9. The summed E-state index contributed by atoms with van der Waals surface area (Å²) < 4.78 is 32.7. The lowest BCUT2D eigenvalue weighted by molar-refractivity contribution is 0.188. The predicted octanol–water partition coefficient (Wildman–Crippen LogP) is 1.70. The number of aromatic nitrogens is 2. The molecular formula is C15H27N3O3S. The fourth-order valence-corrected chi connectivity index (χ4v) is 4.99. The van der Waals surface area contributed by atoms with Gasteiger partial charge in [0.2, 0.25) is 15.0 Å². The van der Waals surface area contributed by atoms with Crippen molar-refractivity contribution in [3.63, 3.8) is 0 Å². The van der Waals surface area contributed by atoms with Crippen LogP contribution in [0.4, 0.5) is 0 Å². The molecule has 1 aromatic rings. The molecule has 22 heavy (non-hydrogen) atoms. The summed E-state index contributed by atoms with van der Waals surface area (Å²) >= 11 is 0. The van der Waals surface area contributed by atoms with Crippen LogP contribution in [0.1, 0.15) is 37.8 Å². The van der Waals surface area contributed by atoms with E-state index in [1.807, 2.05) is 23.6 Å². The SMILES string of the molecule is COCCCn1c(CN(C)C)cnc1S(=O)(=O)C1CCCC1. The first-order valence-corrected chi connectivity index (χ1v) is 9.43. The summed E-state index contributed by atoms with van der Waals surface area (Å²) in [6.07, 6.45) is 6.00. The average Bonchev–Trinajstić information content (AvgIpc) is 3.09. The third-order valence-corrected chi connectivity index (χ3v) is 6.29. The Kier molecular flexibility index (Phi) is 6.00. The second-order valence-corrected chi connectivity index (χ2v) is 8.34. The third-order valence-electron chi connectivity index (χ3n) is 4.11. The number of ether oxygens (including phenoxy) is 1. The molecule has 0 unspecified atom stereocenters. The summed E-state index contributed by atoms with van der Waals surface area (Å²) in [6, 6.07) is 0. The summed E-state index contributed by atoms with van der Waals surface area (Å²) in [4.78, 5) is 6.30. The van der Waals surface area contributed by atoms with E-state index in [4.69, 9.17) is 4.74 Å². The first kappa shape index (κ1) is 17.4. The Morgan fingerprint density at radius 1 is 1.36 bits per heavy atom. The molecule has 0 bridgehead atoms. The van der Waals surface area contributed by atoms with Crippen molar-refractivity contribution in [3.8, 4) is 0 Å². The summed E-state index contributed by atoms with van der Waals surface area (Å²) in [6.45, 7) is 1.92. The molecule has 1 aliphatic carbocycles. The number of sulfone groups is 1. The smallest absolute Gasteiger partial charge is 0.228 e. The van der Waals surface area contributed by atoms with Crippen molar-refractivity contribution in [1.82, 2.24) is 14.5 Å². The van der Waals surface area contributed by atoms with E-state index in [2.05, 4.69) is 4.98 Å². The van der Waals surface area contributed by atoms with Crippen LogP contribution in [-0.2, 0) is 27.7 Å². The van der Waals surface area contributed by atoms with Crippen LogP contribution in [0, 0.1) is 0 Å². The van der Waals surface area contributed by atoms with Crippen LogP contribution in [-0.4, -0.2) is 55.9 Å². The molecule has 0 aliphatic heterocycles. The lowest BCUT2D eigenvalue weighted by atomic mass is 10.4. The van der Waals surface area contributed by atoms with Gasteiger partial charge in [-0.25, -0.2) is 13.4 Å². The monoisotopic (exact) mass is 329 g/mol. The molecule has 0 spiro atoms. The number of nitrogens with zero attached hydrogens (tertiary/aromatic N) is 3. The lowest BCUT2D eigenvalue weighted by Crippen LogP contribution is -2.24. The molecule has 6 nitrogen and oxygen atoms in total. The summed E-state index contributed by atoms with van der Waals surface area (Å²) in [7, 11) is 2.27. The van der Waals surface area contributed by atoms with Gasteiger partial charge in [0.15, 0.2) is 0 Å². The minimum absolute atomic E-state index is 0.243. The van der Waals surface area contributed by atoms with Crippen LogP contribution >= 0.6 is 0 Å². The first-order valence-electron chi connectivity index (χ1n) is 7.88. The Labute approximate surface area is 133 Å². The predicted molar refractivity (Wildman–Crippen MR) is 85.6 cm³/mol. The molecule has 1 fully saturated rings. The van der Waals surface area contributed by atoms with E-state index in [-0.39, 0.29) is 10.4 Å². The van der Waals surface area contributed by atoms with Crippen molar-refractivity contribution in [2.45, 2.75) is 55.6 Å². The summed E-state index contributed by atoms with van der Waals surface area (Å²) in [5, 5.41) is -0.0179. The third kappa shape index (κ3) is 3.88. The number of hydrogen-bond acceptors (Lipinski definition) is 5. The number of methoxy groups -OCH3 is 1. The molecule has 0 amide bonds. The maximum Gasteiger partial charge on any atom is 0.228 e. The van der Waals surface area contributed by atoms with Gasteiger partial charge in [-0.3, -0.25) is 0 Å². The van der Waals surface area contributed by atoms with Gasteiger partial charge in [0.25, 0.3) is 0 Å². The summed E-state index contributed by atoms with van der Waals surface area (Å²) in [5.41, 5.74) is 0.942. The standard InChI is InChI=1S/C15H27N3O3S/c1-17(2)12-13-11-16-15(18(13)9-6-10-21-3)22(19,20)14-7-4-5-8-14/h11,14H,4-10,12H2,1-3H3. The van der Waals surface area contributed by atoms with E-state index in [1.54, 1.807) is 13.3 Å². The highest BCUT2D eigenvalue weighted by Gasteiger charge is 2.34. The topological polar surface area (TPSA) is 64.4 Å². The molecule has 0 radical (unpaired) electrons. The zero-order valence-corrected chi connectivity index (χ0v) is 14.6. The van der Waals surface area contributed by atoms with Crippen molar-refractivity contribution in [2.75, 3.05) is 27.8 Å². The van der Waals surface area contributed by atoms with Gasteiger partial charge >= 0.3 is 0 Å². The fraction of sp³-hybridized carbons (Fsp3) is 0.800. The highest BCUT2D eigenvalue weighted by Crippen LogP contribution is 2.29. The first-order chi connectivity index (χ1) is 10.5. The van der Waals surface area contributed by atoms with Crippen molar-refractivity contribution in [2.24, 2.45) is 0 Å². The van der Waals surface area contributed by atoms with E-state index in [9.17, 15) is 8.42 Å². The molecule has 1 aromatic heterocycles. The number of rotatable bonds is 8. The second kappa shape index (κ2) is 7.57. The molecule has 0 N–H and O–H groups in total. The van der Waals surface area contributed by atoms with E-state index in [0.29, 0.717) is 19.7 Å². The van der Waals surface area contributed by atoms with Crippen molar-refractivity contribution in [1.29, 1.82) is 0 Å². The zero-order chi connectivity index (χ0) is 16.2. The van der Waals surface area contributed by atoms with E-state index >= 15 is 0 Å². The van der Waals surface area contributed by atoms with Crippen molar-refractivity contribution in [3.05, 3.63) is 11.9 Å². The number of imidazole rings is 1. The molecular weight excluding hydrogens is 302 g/mol. The fourth-order valence-electron chi connectivity index (χ4n) is 3.02. The van der Waals surface area contributed by atoms with Gasteiger partial charge in [-0.05, 0) is 33.4 Å². The molecule has 1 aliphatic rings. The quantitative estimate of drug-likeness (QED) is 0.679. The van der Waals surface area contributed by atoms with Crippen LogP contribution in [0.3, 0.4) is 0 Å². The van der Waals surface area contributed by atoms with Crippen molar-refractivity contribution < 1.29 is 13.2 Å². The van der Waals surface area contributed by atoms with Gasteiger partial charge in [0.1, 0.15) is 0 Å². The highest BCUT2D eigenvalue weighted by atomic mass is 32.2. The number of hydrogen-bond donors (Lipinski definition) is 0. The normalized spacial score (nSPS) is 16.7. The summed E-state index contributed by atoms with van der Waals surface area (Å²) in [5.74, 6) is 0. The van der Waals surface area contributed by atoms with Gasteiger partial charge in [0, 0.05) is 26.8 Å². The van der Waals surface area contributed by atoms with Gasteiger partial charge in [-0.1, -0.05) is 12.8 Å². The van der Waals surface area contributed by atoms with Crippen LogP contribution in [0.15, 0.2) is 11.4 Å². The van der Waals surface area contributed by atoms with Gasteiger partial charge in [0.05, 0.1) is 17.1 Å². The molecule has 7 heteroatoms. The van der Waals surface area contributed by atoms with Gasteiger partial charge in [-0.15, -0.1) is 0 Å². The Morgan fingerprint density at radius 3 is 2.64 bits per heavy atom. The van der Waals surface area contributed by atoms with Crippen LogP contribution in [0.2, 0.25) is 0 Å².